The van der Waals surface area contributed by atoms with Crippen molar-refractivity contribution in [3.05, 3.63) is 34.9 Å². The van der Waals surface area contributed by atoms with Crippen LogP contribution in [0.1, 0.15) is 24.5 Å². The summed E-state index contributed by atoms with van der Waals surface area (Å²) in [5.74, 6) is 0.292. The van der Waals surface area contributed by atoms with Gasteiger partial charge in [-0.15, -0.1) is 12.4 Å². The molecule has 0 aromatic heterocycles. The maximum atomic E-state index is 12.4. The topological polar surface area (TPSA) is 61.8 Å². The Morgan fingerprint density at radius 1 is 1.29 bits per heavy atom. The summed E-state index contributed by atoms with van der Waals surface area (Å²) in [6.45, 7) is 3.21. The van der Waals surface area contributed by atoms with Crippen LogP contribution in [0.2, 0.25) is 5.02 Å². The van der Waals surface area contributed by atoms with E-state index in [1.807, 2.05) is 17.0 Å². The second-order valence-electron chi connectivity index (χ2n) is 6.24. The number of carbonyl (C=O) groups excluding carboxylic acids is 1. The third-order valence-electron chi connectivity index (χ3n) is 4.73. The first-order valence-corrected chi connectivity index (χ1v) is 8.56. The van der Waals surface area contributed by atoms with Gasteiger partial charge in [0.05, 0.1) is 19.3 Å². The van der Waals surface area contributed by atoms with Gasteiger partial charge in [-0.25, -0.2) is 0 Å². The van der Waals surface area contributed by atoms with Crippen molar-refractivity contribution < 1.29 is 14.6 Å². The summed E-state index contributed by atoms with van der Waals surface area (Å²) in [5, 5.41) is 14.4. The van der Waals surface area contributed by atoms with Gasteiger partial charge in [-0.2, -0.15) is 0 Å². The predicted molar refractivity (Wildman–Crippen MR) is 95.6 cm³/mol. The van der Waals surface area contributed by atoms with Gasteiger partial charge in [0.15, 0.2) is 0 Å². The van der Waals surface area contributed by atoms with E-state index in [1.165, 1.54) is 0 Å². The maximum absolute atomic E-state index is 12.4. The molecule has 1 aromatic carbocycles. The summed E-state index contributed by atoms with van der Waals surface area (Å²) in [7, 11) is 0. The quantitative estimate of drug-likeness (QED) is 0.849. The van der Waals surface area contributed by atoms with E-state index in [0.29, 0.717) is 31.3 Å². The highest BCUT2D eigenvalue weighted by atomic mass is 35.5. The smallest absolute Gasteiger partial charge is 0.242 e. The fourth-order valence-corrected chi connectivity index (χ4v) is 3.44. The van der Waals surface area contributed by atoms with E-state index in [4.69, 9.17) is 16.3 Å². The Morgan fingerprint density at radius 3 is 2.54 bits per heavy atom. The first kappa shape index (κ1) is 19.5. The highest BCUT2D eigenvalue weighted by Gasteiger charge is 2.32. The molecule has 1 aromatic rings. The Labute approximate surface area is 153 Å². The predicted octanol–water partition coefficient (Wildman–Crippen LogP) is 2.02. The SMILES string of the molecule is Cl.O=C(C1COCCN1)N1CCC(C(O)c2ccc(Cl)cc2)CC1. The highest BCUT2D eigenvalue weighted by molar-refractivity contribution is 6.30. The van der Waals surface area contributed by atoms with Gasteiger partial charge in [0.25, 0.3) is 0 Å². The summed E-state index contributed by atoms with van der Waals surface area (Å²) in [6, 6.07) is 7.12. The zero-order valence-electron chi connectivity index (χ0n) is 13.5. The lowest BCUT2D eigenvalue weighted by atomic mass is 9.87. The molecule has 3 rings (SSSR count). The molecule has 0 aliphatic carbocycles. The molecule has 0 spiro atoms. The number of likely N-dealkylation sites (tertiary alicyclic amines) is 1. The Morgan fingerprint density at radius 2 is 1.96 bits per heavy atom. The molecule has 0 radical (unpaired) electrons. The van der Waals surface area contributed by atoms with Gasteiger partial charge in [-0.05, 0) is 36.5 Å². The lowest BCUT2D eigenvalue weighted by Gasteiger charge is -2.37. The van der Waals surface area contributed by atoms with Crippen LogP contribution in [0.15, 0.2) is 24.3 Å². The minimum atomic E-state index is -0.499. The average molecular weight is 375 g/mol. The van der Waals surface area contributed by atoms with Crippen molar-refractivity contribution in [3.8, 4) is 0 Å². The van der Waals surface area contributed by atoms with Crippen molar-refractivity contribution >= 4 is 29.9 Å². The van der Waals surface area contributed by atoms with E-state index in [9.17, 15) is 9.90 Å². The fourth-order valence-electron chi connectivity index (χ4n) is 3.31. The lowest BCUT2D eigenvalue weighted by Crippen LogP contribution is -2.54. The number of halogens is 2. The largest absolute Gasteiger partial charge is 0.388 e. The highest BCUT2D eigenvalue weighted by Crippen LogP contribution is 2.31. The van der Waals surface area contributed by atoms with Crippen molar-refractivity contribution in [1.82, 2.24) is 10.2 Å². The molecule has 2 N–H and O–H groups in total. The fraction of sp³-hybridized carbons (Fsp3) is 0.588. The van der Waals surface area contributed by atoms with Crippen LogP contribution in [0.3, 0.4) is 0 Å². The third-order valence-corrected chi connectivity index (χ3v) is 4.98. The van der Waals surface area contributed by atoms with Crippen LogP contribution >= 0.6 is 24.0 Å². The van der Waals surface area contributed by atoms with Crippen LogP contribution in [0.25, 0.3) is 0 Å². The molecule has 1 amide bonds. The summed E-state index contributed by atoms with van der Waals surface area (Å²) in [4.78, 5) is 14.3. The van der Waals surface area contributed by atoms with Gasteiger partial charge in [0, 0.05) is 24.7 Å². The summed E-state index contributed by atoms with van der Waals surface area (Å²) in [5.41, 5.74) is 0.890. The summed E-state index contributed by atoms with van der Waals surface area (Å²) < 4.78 is 5.36. The number of morpholine rings is 1. The molecule has 2 saturated heterocycles. The number of rotatable bonds is 3. The second kappa shape index (κ2) is 9.02. The molecule has 2 aliphatic rings. The van der Waals surface area contributed by atoms with E-state index in [2.05, 4.69) is 5.32 Å². The molecule has 7 heteroatoms. The van der Waals surface area contributed by atoms with Crippen molar-refractivity contribution in [2.75, 3.05) is 32.8 Å². The van der Waals surface area contributed by atoms with E-state index in [1.54, 1.807) is 12.1 Å². The molecule has 0 saturated carbocycles. The lowest BCUT2D eigenvalue weighted by molar-refractivity contribution is -0.138. The molecule has 134 valence electrons. The number of nitrogens with one attached hydrogen (secondary N) is 1. The van der Waals surface area contributed by atoms with Crippen LogP contribution in [0.4, 0.5) is 0 Å². The molecule has 2 fully saturated rings. The van der Waals surface area contributed by atoms with E-state index in [0.717, 1.165) is 24.9 Å². The zero-order valence-corrected chi connectivity index (χ0v) is 15.1. The molecule has 2 unspecified atom stereocenters. The number of carbonyl (C=O) groups is 1. The van der Waals surface area contributed by atoms with Gasteiger partial charge in [0.1, 0.15) is 6.04 Å². The summed E-state index contributed by atoms with van der Waals surface area (Å²) >= 11 is 5.89. The number of ether oxygens (including phenoxy) is 1. The molecule has 5 nitrogen and oxygen atoms in total. The van der Waals surface area contributed by atoms with E-state index >= 15 is 0 Å². The molecular formula is C17H24Cl2N2O3. The third kappa shape index (κ3) is 4.61. The van der Waals surface area contributed by atoms with Crippen LogP contribution < -0.4 is 5.32 Å². The Hall–Kier alpha value is -0.850. The molecule has 0 bridgehead atoms. The van der Waals surface area contributed by atoms with Crippen LogP contribution in [0.5, 0.6) is 0 Å². The Kier molecular flexibility index (Phi) is 7.32. The van der Waals surface area contributed by atoms with Gasteiger partial charge < -0.3 is 20.1 Å². The first-order chi connectivity index (χ1) is 11.1. The molecule has 2 heterocycles. The van der Waals surface area contributed by atoms with Crippen molar-refractivity contribution in [2.45, 2.75) is 25.0 Å². The van der Waals surface area contributed by atoms with Crippen LogP contribution in [-0.2, 0) is 9.53 Å². The van der Waals surface area contributed by atoms with Gasteiger partial charge in [-0.1, -0.05) is 23.7 Å². The van der Waals surface area contributed by atoms with E-state index in [-0.39, 0.29) is 30.3 Å². The molecule has 2 aliphatic heterocycles. The standard InChI is InChI=1S/C17H23ClN2O3.ClH/c18-14-3-1-12(2-4-14)16(21)13-5-8-20(9-6-13)17(22)15-11-23-10-7-19-15;/h1-4,13,15-16,19,21H,5-11H2;1H. The van der Waals surface area contributed by atoms with Crippen molar-refractivity contribution in [1.29, 1.82) is 0 Å². The molecular weight excluding hydrogens is 351 g/mol. The Balaban J connectivity index is 0.00000208. The number of amides is 1. The van der Waals surface area contributed by atoms with Crippen LogP contribution in [0, 0.1) is 5.92 Å². The van der Waals surface area contributed by atoms with Crippen molar-refractivity contribution in [2.24, 2.45) is 5.92 Å². The number of hydrogen-bond acceptors (Lipinski definition) is 4. The molecule has 24 heavy (non-hydrogen) atoms. The van der Waals surface area contributed by atoms with Crippen molar-refractivity contribution in [3.63, 3.8) is 0 Å². The van der Waals surface area contributed by atoms with Crippen LogP contribution in [-0.4, -0.2) is 54.8 Å². The number of piperidine rings is 1. The minimum Gasteiger partial charge on any atom is -0.388 e. The normalized spacial score (nSPS) is 23.4. The van der Waals surface area contributed by atoms with E-state index < -0.39 is 6.10 Å². The minimum absolute atomic E-state index is 0. The molecule has 2 atom stereocenters. The monoisotopic (exact) mass is 374 g/mol. The number of aliphatic hydroxyl groups excluding tert-OH is 1. The second-order valence-corrected chi connectivity index (χ2v) is 6.68. The van der Waals surface area contributed by atoms with Gasteiger partial charge in [-0.3, -0.25) is 4.79 Å². The zero-order chi connectivity index (χ0) is 16.2. The number of nitrogens with zero attached hydrogens (tertiary/aromatic N) is 1. The maximum Gasteiger partial charge on any atom is 0.242 e. The first-order valence-electron chi connectivity index (χ1n) is 8.18. The number of hydrogen-bond donors (Lipinski definition) is 2. The van der Waals surface area contributed by atoms with Gasteiger partial charge in [0.2, 0.25) is 5.91 Å². The number of aliphatic hydroxyl groups is 1. The van der Waals surface area contributed by atoms with Gasteiger partial charge >= 0.3 is 0 Å². The summed E-state index contributed by atoms with van der Waals surface area (Å²) in [6.07, 6.45) is 1.12. The Bertz CT molecular complexity index is 527. The number of benzene rings is 1. The average Bonchev–Trinajstić information content (AvgIpc) is 2.62.